The fourth-order valence-electron chi connectivity index (χ4n) is 1.20. The number of nitrogens with one attached hydrogen (secondary N) is 1. The molecule has 0 spiro atoms. The standard InChI is InChI=1S/C8H4ClN5OS/c9-7-12-5-4(3-11-14-5)6(13-7)16-8-10-1-2-15-8/h1-3H,(H,11,12,13,14). The molecule has 0 unspecified atom stereocenters. The van der Waals surface area contributed by atoms with Crippen molar-refractivity contribution in [3.8, 4) is 0 Å². The Labute approximate surface area is 98.4 Å². The topological polar surface area (TPSA) is 80.5 Å². The monoisotopic (exact) mass is 253 g/mol. The fraction of sp³-hybridized carbons (Fsp3) is 0. The molecule has 0 bridgehead atoms. The summed E-state index contributed by atoms with van der Waals surface area (Å²) < 4.78 is 5.12. The van der Waals surface area contributed by atoms with Crippen LogP contribution in [0.15, 0.2) is 33.3 Å². The van der Waals surface area contributed by atoms with Gasteiger partial charge in [-0.25, -0.2) is 9.97 Å². The highest BCUT2D eigenvalue weighted by Gasteiger charge is 2.11. The van der Waals surface area contributed by atoms with Gasteiger partial charge in [-0.15, -0.1) is 0 Å². The molecule has 1 N–H and O–H groups in total. The lowest BCUT2D eigenvalue weighted by atomic mass is 10.4. The quantitative estimate of drug-likeness (QED) is 0.557. The first-order chi connectivity index (χ1) is 7.83. The molecule has 3 aromatic rings. The summed E-state index contributed by atoms with van der Waals surface area (Å²) in [5.41, 5.74) is 0.592. The van der Waals surface area contributed by atoms with Crippen molar-refractivity contribution in [3.05, 3.63) is 23.9 Å². The van der Waals surface area contributed by atoms with Gasteiger partial charge in [-0.1, -0.05) is 0 Å². The number of fused-ring (bicyclic) bond motifs is 1. The van der Waals surface area contributed by atoms with Gasteiger partial charge in [0, 0.05) is 0 Å². The van der Waals surface area contributed by atoms with Crippen LogP contribution in [0.1, 0.15) is 0 Å². The minimum absolute atomic E-state index is 0.158. The average Bonchev–Trinajstić information content (AvgIpc) is 2.87. The zero-order valence-electron chi connectivity index (χ0n) is 7.72. The molecule has 0 aliphatic carbocycles. The van der Waals surface area contributed by atoms with E-state index in [4.69, 9.17) is 16.0 Å². The van der Waals surface area contributed by atoms with Gasteiger partial charge in [-0.2, -0.15) is 10.1 Å². The van der Waals surface area contributed by atoms with Gasteiger partial charge >= 0.3 is 0 Å². The molecule has 0 aromatic carbocycles. The molecule has 3 rings (SSSR count). The highest BCUT2D eigenvalue weighted by atomic mass is 35.5. The number of H-pyrrole nitrogens is 1. The third-order valence-corrected chi connectivity index (χ3v) is 2.89. The molecule has 6 nitrogen and oxygen atoms in total. The van der Waals surface area contributed by atoms with E-state index in [2.05, 4.69) is 25.1 Å². The number of nitrogens with zero attached hydrogens (tertiary/aromatic N) is 4. The van der Waals surface area contributed by atoms with Crippen molar-refractivity contribution in [2.75, 3.05) is 0 Å². The van der Waals surface area contributed by atoms with Crippen LogP contribution < -0.4 is 0 Å². The van der Waals surface area contributed by atoms with Crippen LogP contribution in [0.3, 0.4) is 0 Å². The fourth-order valence-corrected chi connectivity index (χ4v) is 2.20. The van der Waals surface area contributed by atoms with E-state index in [-0.39, 0.29) is 5.28 Å². The molecule has 0 saturated heterocycles. The Morgan fingerprint density at radius 3 is 3.12 bits per heavy atom. The summed E-state index contributed by atoms with van der Waals surface area (Å²) in [5, 5.41) is 8.71. The minimum atomic E-state index is 0.158. The van der Waals surface area contributed by atoms with Gasteiger partial charge in [0.25, 0.3) is 5.22 Å². The molecule has 0 saturated carbocycles. The molecule has 3 aromatic heterocycles. The molecule has 3 heterocycles. The van der Waals surface area contributed by atoms with Crippen LogP contribution in [0, 0.1) is 0 Å². The first-order valence-electron chi connectivity index (χ1n) is 4.27. The van der Waals surface area contributed by atoms with Gasteiger partial charge in [0.1, 0.15) is 11.3 Å². The van der Waals surface area contributed by atoms with E-state index in [1.54, 1.807) is 12.4 Å². The molecule has 0 aliphatic heterocycles. The maximum absolute atomic E-state index is 5.79. The Morgan fingerprint density at radius 1 is 1.38 bits per heavy atom. The highest BCUT2D eigenvalue weighted by molar-refractivity contribution is 7.99. The van der Waals surface area contributed by atoms with Crippen molar-refractivity contribution in [3.63, 3.8) is 0 Å². The third kappa shape index (κ3) is 1.63. The number of aromatic nitrogens is 5. The van der Waals surface area contributed by atoms with E-state index in [0.29, 0.717) is 15.9 Å². The van der Waals surface area contributed by atoms with E-state index in [1.807, 2.05) is 0 Å². The van der Waals surface area contributed by atoms with E-state index in [0.717, 1.165) is 5.39 Å². The second kappa shape index (κ2) is 3.76. The zero-order valence-corrected chi connectivity index (χ0v) is 9.29. The van der Waals surface area contributed by atoms with Crippen LogP contribution in [-0.2, 0) is 0 Å². The van der Waals surface area contributed by atoms with E-state index in [1.165, 1.54) is 18.0 Å². The Morgan fingerprint density at radius 2 is 2.31 bits per heavy atom. The average molecular weight is 254 g/mol. The second-order valence-corrected chi connectivity index (χ2v) is 4.11. The van der Waals surface area contributed by atoms with Gasteiger partial charge in [-0.3, -0.25) is 5.10 Å². The maximum atomic E-state index is 5.79. The van der Waals surface area contributed by atoms with Crippen molar-refractivity contribution in [2.45, 2.75) is 10.2 Å². The zero-order chi connectivity index (χ0) is 11.0. The van der Waals surface area contributed by atoms with E-state index in [9.17, 15) is 0 Å². The van der Waals surface area contributed by atoms with Crippen molar-refractivity contribution in [2.24, 2.45) is 0 Å². The number of halogens is 1. The Bertz CT molecular complexity index is 622. The lowest BCUT2D eigenvalue weighted by Gasteiger charge is -1.98. The predicted molar refractivity (Wildman–Crippen MR) is 57.3 cm³/mol. The summed E-state index contributed by atoms with van der Waals surface area (Å²) in [4.78, 5) is 12.1. The van der Waals surface area contributed by atoms with E-state index < -0.39 is 0 Å². The van der Waals surface area contributed by atoms with Crippen LogP contribution in [0.25, 0.3) is 11.0 Å². The number of hydrogen-bond acceptors (Lipinski definition) is 6. The highest BCUT2D eigenvalue weighted by Crippen LogP contribution is 2.30. The molecule has 0 amide bonds. The molecule has 16 heavy (non-hydrogen) atoms. The summed E-state index contributed by atoms with van der Waals surface area (Å²) in [6.07, 6.45) is 4.70. The number of oxazole rings is 1. The number of aromatic amines is 1. The summed E-state index contributed by atoms with van der Waals surface area (Å²) in [6.45, 7) is 0. The molecule has 0 fully saturated rings. The van der Waals surface area contributed by atoms with Gasteiger partial charge < -0.3 is 4.42 Å². The molecule has 0 aliphatic rings. The Balaban J connectivity index is 2.11. The van der Waals surface area contributed by atoms with Crippen molar-refractivity contribution >= 4 is 34.4 Å². The smallest absolute Gasteiger partial charge is 0.261 e. The van der Waals surface area contributed by atoms with Crippen LogP contribution in [-0.4, -0.2) is 25.1 Å². The number of rotatable bonds is 2. The first-order valence-corrected chi connectivity index (χ1v) is 5.46. The Kier molecular flexibility index (Phi) is 2.26. The maximum Gasteiger partial charge on any atom is 0.261 e. The Hall–Kier alpha value is -1.60. The molecule has 0 atom stereocenters. The lowest BCUT2D eigenvalue weighted by molar-refractivity contribution is 0.454. The minimum Gasteiger partial charge on any atom is -0.440 e. The van der Waals surface area contributed by atoms with Crippen molar-refractivity contribution < 1.29 is 4.42 Å². The van der Waals surface area contributed by atoms with Crippen molar-refractivity contribution in [1.82, 2.24) is 25.1 Å². The van der Waals surface area contributed by atoms with Gasteiger partial charge in [-0.05, 0) is 23.4 Å². The molecule has 80 valence electrons. The van der Waals surface area contributed by atoms with Crippen LogP contribution in [0.2, 0.25) is 5.28 Å². The summed E-state index contributed by atoms with van der Waals surface area (Å²) in [7, 11) is 0. The SMILES string of the molecule is Clc1nc(Sc2ncco2)c2cn[nH]c2n1. The van der Waals surface area contributed by atoms with E-state index >= 15 is 0 Å². The molecular formula is C8H4ClN5OS. The summed E-state index contributed by atoms with van der Waals surface area (Å²) in [5.74, 6) is 0. The number of hydrogen-bond donors (Lipinski definition) is 1. The molecular weight excluding hydrogens is 250 g/mol. The second-order valence-electron chi connectivity index (χ2n) is 2.83. The molecule has 0 radical (unpaired) electrons. The largest absolute Gasteiger partial charge is 0.440 e. The van der Waals surface area contributed by atoms with Crippen LogP contribution >= 0.6 is 23.4 Å². The van der Waals surface area contributed by atoms with Gasteiger partial charge in [0.05, 0.1) is 17.8 Å². The normalized spacial score (nSPS) is 11.1. The van der Waals surface area contributed by atoms with Crippen LogP contribution in [0.5, 0.6) is 0 Å². The molecule has 8 heteroatoms. The summed E-state index contributed by atoms with van der Waals surface area (Å²) in [6, 6.07) is 0. The summed E-state index contributed by atoms with van der Waals surface area (Å²) >= 11 is 7.06. The third-order valence-electron chi connectivity index (χ3n) is 1.84. The predicted octanol–water partition coefficient (Wildman–Crippen LogP) is 2.15. The van der Waals surface area contributed by atoms with Gasteiger partial charge in [0.15, 0.2) is 5.65 Å². The van der Waals surface area contributed by atoms with Gasteiger partial charge in [0.2, 0.25) is 5.28 Å². The van der Waals surface area contributed by atoms with Crippen molar-refractivity contribution in [1.29, 1.82) is 0 Å². The lowest BCUT2D eigenvalue weighted by Crippen LogP contribution is -1.87. The van der Waals surface area contributed by atoms with Crippen LogP contribution in [0.4, 0.5) is 0 Å². The first kappa shape index (κ1) is 9.61.